The van der Waals surface area contributed by atoms with Gasteiger partial charge in [-0.3, -0.25) is 0 Å². The third kappa shape index (κ3) is 5.12. The predicted octanol–water partition coefficient (Wildman–Crippen LogP) is 5.43. The molecule has 0 aliphatic heterocycles. The number of rotatable bonds is 9. The zero-order valence-electron chi connectivity index (χ0n) is 15.3. The number of carboxylic acid groups (broad SMARTS) is 1. The van der Waals surface area contributed by atoms with E-state index in [0.717, 1.165) is 0 Å². The van der Waals surface area contributed by atoms with E-state index in [0.29, 0.717) is 45.2 Å². The van der Waals surface area contributed by atoms with Crippen LogP contribution in [0.1, 0.15) is 24.0 Å². The van der Waals surface area contributed by atoms with Gasteiger partial charge >= 0.3 is 5.97 Å². The molecule has 2 aromatic carbocycles. The molecule has 1 N–H and O–H groups in total. The Labute approximate surface area is 173 Å². The smallest absolute Gasteiger partial charge is 0.339 e. The van der Waals surface area contributed by atoms with Gasteiger partial charge in [0.05, 0.1) is 30.0 Å². The van der Waals surface area contributed by atoms with Crippen LogP contribution in [0.2, 0.25) is 10.0 Å². The standard InChI is InChI=1S/C21H20Cl2O5/c1-26-12-16(21(24)25)15-5-3-2-4-14(15)11-28-20-9-19(17(22)8-18(20)23)27-10-13-6-7-13/h2-5,8-9,12-13H,6-7,10-11H2,1H3,(H,24,25). The van der Waals surface area contributed by atoms with Crippen molar-refractivity contribution in [3.05, 3.63) is 63.8 Å². The van der Waals surface area contributed by atoms with Crippen LogP contribution in [0, 0.1) is 5.92 Å². The summed E-state index contributed by atoms with van der Waals surface area (Å²) in [6.45, 7) is 0.737. The summed E-state index contributed by atoms with van der Waals surface area (Å²) < 4.78 is 16.5. The highest BCUT2D eigenvalue weighted by Gasteiger charge is 2.23. The zero-order valence-corrected chi connectivity index (χ0v) is 16.8. The van der Waals surface area contributed by atoms with Crippen molar-refractivity contribution in [2.45, 2.75) is 19.4 Å². The van der Waals surface area contributed by atoms with Crippen molar-refractivity contribution < 1.29 is 24.1 Å². The Kier molecular flexibility index (Phi) is 6.70. The molecule has 1 aliphatic carbocycles. The Balaban J connectivity index is 1.79. The molecule has 0 amide bonds. The first-order valence-corrected chi connectivity index (χ1v) is 9.54. The summed E-state index contributed by atoms with van der Waals surface area (Å²) >= 11 is 12.5. The van der Waals surface area contributed by atoms with E-state index >= 15 is 0 Å². The van der Waals surface area contributed by atoms with Crippen molar-refractivity contribution in [2.75, 3.05) is 13.7 Å². The number of carbonyl (C=O) groups is 1. The van der Waals surface area contributed by atoms with E-state index < -0.39 is 5.97 Å². The lowest BCUT2D eigenvalue weighted by atomic mass is 10.0. The highest BCUT2D eigenvalue weighted by molar-refractivity contribution is 6.36. The fraction of sp³-hybridized carbons (Fsp3) is 0.286. The van der Waals surface area contributed by atoms with Gasteiger partial charge in [-0.2, -0.15) is 0 Å². The number of methoxy groups -OCH3 is 1. The van der Waals surface area contributed by atoms with Crippen molar-refractivity contribution in [3.63, 3.8) is 0 Å². The van der Waals surface area contributed by atoms with Gasteiger partial charge in [0, 0.05) is 6.07 Å². The molecule has 0 aromatic heterocycles. The highest BCUT2D eigenvalue weighted by atomic mass is 35.5. The molecule has 1 fully saturated rings. The molecule has 0 bridgehead atoms. The van der Waals surface area contributed by atoms with Crippen LogP contribution in [0.3, 0.4) is 0 Å². The second-order valence-electron chi connectivity index (χ2n) is 6.49. The van der Waals surface area contributed by atoms with Crippen LogP contribution in [-0.2, 0) is 16.1 Å². The molecule has 1 saturated carbocycles. The minimum Gasteiger partial charge on any atom is -0.503 e. The number of hydrogen-bond acceptors (Lipinski definition) is 4. The minimum atomic E-state index is -1.09. The van der Waals surface area contributed by atoms with Gasteiger partial charge in [-0.25, -0.2) is 4.79 Å². The van der Waals surface area contributed by atoms with E-state index in [2.05, 4.69) is 0 Å². The molecule has 0 radical (unpaired) electrons. The van der Waals surface area contributed by atoms with E-state index in [4.69, 9.17) is 37.4 Å². The van der Waals surface area contributed by atoms with Crippen LogP contribution < -0.4 is 9.47 Å². The summed E-state index contributed by atoms with van der Waals surface area (Å²) in [6.07, 6.45) is 3.54. The number of ether oxygens (including phenoxy) is 3. The fourth-order valence-corrected chi connectivity index (χ4v) is 3.13. The Morgan fingerprint density at radius 3 is 2.46 bits per heavy atom. The van der Waals surface area contributed by atoms with E-state index in [1.165, 1.54) is 26.2 Å². The molecule has 2 aromatic rings. The first kappa shape index (κ1) is 20.4. The number of benzene rings is 2. The van der Waals surface area contributed by atoms with Crippen molar-refractivity contribution >= 4 is 34.7 Å². The van der Waals surface area contributed by atoms with Gasteiger partial charge in [-0.15, -0.1) is 0 Å². The molecule has 0 unspecified atom stereocenters. The number of carboxylic acids is 1. The summed E-state index contributed by atoms with van der Waals surface area (Å²) in [5.41, 5.74) is 1.23. The lowest BCUT2D eigenvalue weighted by Gasteiger charge is -2.14. The van der Waals surface area contributed by atoms with Crippen LogP contribution in [0.15, 0.2) is 42.7 Å². The first-order valence-electron chi connectivity index (χ1n) is 8.78. The molecule has 3 rings (SSSR count). The van der Waals surface area contributed by atoms with Crippen molar-refractivity contribution in [2.24, 2.45) is 5.92 Å². The van der Waals surface area contributed by atoms with Gasteiger partial charge in [0.2, 0.25) is 0 Å². The Hall–Kier alpha value is -2.37. The van der Waals surface area contributed by atoms with E-state index in [-0.39, 0.29) is 12.2 Å². The Morgan fingerprint density at radius 1 is 1.14 bits per heavy atom. The van der Waals surface area contributed by atoms with Crippen molar-refractivity contribution in [3.8, 4) is 11.5 Å². The number of hydrogen-bond donors (Lipinski definition) is 1. The monoisotopic (exact) mass is 422 g/mol. The summed E-state index contributed by atoms with van der Waals surface area (Å²) in [7, 11) is 1.40. The number of aliphatic carboxylic acids is 1. The van der Waals surface area contributed by atoms with E-state index in [9.17, 15) is 9.90 Å². The van der Waals surface area contributed by atoms with Gasteiger partial charge < -0.3 is 19.3 Å². The Bertz CT molecular complexity index is 890. The molecule has 0 spiro atoms. The lowest BCUT2D eigenvalue weighted by Crippen LogP contribution is -2.06. The summed E-state index contributed by atoms with van der Waals surface area (Å²) in [5.74, 6) is 0.436. The van der Waals surface area contributed by atoms with Crippen LogP contribution in [0.4, 0.5) is 0 Å². The average molecular weight is 423 g/mol. The average Bonchev–Trinajstić information content (AvgIpc) is 3.49. The van der Waals surface area contributed by atoms with E-state index in [1.54, 1.807) is 30.3 Å². The van der Waals surface area contributed by atoms with Gasteiger partial charge in [-0.1, -0.05) is 47.5 Å². The molecule has 0 heterocycles. The van der Waals surface area contributed by atoms with Gasteiger partial charge in [0.15, 0.2) is 0 Å². The second kappa shape index (κ2) is 9.22. The maximum atomic E-state index is 11.5. The van der Waals surface area contributed by atoms with Crippen molar-refractivity contribution in [1.82, 2.24) is 0 Å². The van der Waals surface area contributed by atoms with Crippen LogP contribution in [0.5, 0.6) is 11.5 Å². The van der Waals surface area contributed by atoms with Gasteiger partial charge in [-0.05, 0) is 36.0 Å². The second-order valence-corrected chi connectivity index (χ2v) is 7.30. The normalized spacial score (nSPS) is 13.9. The molecule has 7 heteroatoms. The van der Waals surface area contributed by atoms with Crippen molar-refractivity contribution in [1.29, 1.82) is 0 Å². The molecule has 28 heavy (non-hydrogen) atoms. The molecule has 5 nitrogen and oxygen atoms in total. The first-order chi connectivity index (χ1) is 13.5. The molecule has 0 saturated heterocycles. The lowest BCUT2D eigenvalue weighted by molar-refractivity contribution is -0.130. The van der Waals surface area contributed by atoms with Gasteiger partial charge in [0.1, 0.15) is 23.7 Å². The maximum absolute atomic E-state index is 11.5. The molecule has 148 valence electrons. The Morgan fingerprint density at radius 2 is 1.82 bits per heavy atom. The highest BCUT2D eigenvalue weighted by Crippen LogP contribution is 2.38. The quantitative estimate of drug-likeness (QED) is 0.430. The number of halogens is 2. The maximum Gasteiger partial charge on any atom is 0.339 e. The minimum absolute atomic E-state index is 0.0392. The molecule has 0 atom stereocenters. The predicted molar refractivity (Wildman–Crippen MR) is 108 cm³/mol. The van der Waals surface area contributed by atoms with E-state index in [1.807, 2.05) is 6.07 Å². The SMILES string of the molecule is COC=C(C(=O)O)c1ccccc1COc1cc(OCC2CC2)c(Cl)cc1Cl. The third-order valence-electron chi connectivity index (χ3n) is 4.31. The van der Waals surface area contributed by atoms with Crippen LogP contribution >= 0.6 is 23.2 Å². The summed E-state index contributed by atoms with van der Waals surface area (Å²) in [6, 6.07) is 10.3. The molecular formula is C21H20Cl2O5. The molecule has 1 aliphatic rings. The van der Waals surface area contributed by atoms with Crippen LogP contribution in [-0.4, -0.2) is 24.8 Å². The molecular weight excluding hydrogens is 403 g/mol. The zero-order chi connectivity index (χ0) is 20.1. The summed E-state index contributed by atoms with van der Waals surface area (Å²) in [5, 5.41) is 10.2. The van der Waals surface area contributed by atoms with Gasteiger partial charge in [0.25, 0.3) is 0 Å². The largest absolute Gasteiger partial charge is 0.503 e. The third-order valence-corrected chi connectivity index (χ3v) is 4.91. The van der Waals surface area contributed by atoms with Crippen LogP contribution in [0.25, 0.3) is 5.57 Å². The topological polar surface area (TPSA) is 65.0 Å². The fourth-order valence-electron chi connectivity index (χ4n) is 2.64. The summed E-state index contributed by atoms with van der Waals surface area (Å²) in [4.78, 5) is 11.5.